The molecule has 3 N–H and O–H groups in total. The van der Waals surface area contributed by atoms with Crippen molar-refractivity contribution in [2.75, 3.05) is 0 Å². The third kappa shape index (κ3) is 4.93. The average Bonchev–Trinajstić information content (AvgIpc) is 1.99. The van der Waals surface area contributed by atoms with Crippen molar-refractivity contribution in [2.24, 2.45) is 11.7 Å². The molecule has 2 atom stereocenters. The minimum Gasteiger partial charge on any atom is -0.481 e. The fourth-order valence-electron chi connectivity index (χ4n) is 1.15. The zero-order valence-electron chi connectivity index (χ0n) is 9.90. The number of esters is 1. The molecular formula is C11H19NO4. The number of carbonyl (C=O) groups is 2. The summed E-state index contributed by atoms with van der Waals surface area (Å²) in [6, 6.07) is -0.815. The lowest BCUT2D eigenvalue weighted by Gasteiger charge is -2.24. The van der Waals surface area contributed by atoms with Crippen LogP contribution in [0.3, 0.4) is 0 Å². The SMILES string of the molecule is C=CCC(N)[C@@H](C(=O)O)C(=O)OC(C)(C)C. The highest BCUT2D eigenvalue weighted by atomic mass is 16.6. The Kier molecular flexibility index (Phi) is 5.17. The Balaban J connectivity index is 4.72. The molecule has 92 valence electrons. The van der Waals surface area contributed by atoms with Gasteiger partial charge in [-0.05, 0) is 27.2 Å². The van der Waals surface area contributed by atoms with Crippen LogP contribution < -0.4 is 5.73 Å². The van der Waals surface area contributed by atoms with Gasteiger partial charge >= 0.3 is 11.9 Å². The number of carboxylic acids is 1. The first kappa shape index (κ1) is 14.6. The molecule has 0 saturated heterocycles. The Labute approximate surface area is 95.3 Å². The van der Waals surface area contributed by atoms with E-state index in [1.165, 1.54) is 6.08 Å². The Hall–Kier alpha value is -1.36. The van der Waals surface area contributed by atoms with Gasteiger partial charge in [-0.3, -0.25) is 9.59 Å². The quantitative estimate of drug-likeness (QED) is 0.416. The summed E-state index contributed by atoms with van der Waals surface area (Å²) < 4.78 is 4.99. The predicted molar refractivity (Wildman–Crippen MR) is 59.8 cm³/mol. The van der Waals surface area contributed by atoms with E-state index in [2.05, 4.69) is 6.58 Å². The molecule has 0 radical (unpaired) electrons. The molecule has 0 rings (SSSR count). The minimum atomic E-state index is -1.35. The standard InChI is InChI=1S/C11H19NO4/c1-5-6-7(12)8(9(13)14)10(15)16-11(2,3)4/h5,7-8H,1,6,12H2,2-4H3,(H,13,14)/t7?,8-/m0/s1. The largest absolute Gasteiger partial charge is 0.481 e. The molecule has 16 heavy (non-hydrogen) atoms. The molecule has 1 unspecified atom stereocenters. The van der Waals surface area contributed by atoms with E-state index in [0.717, 1.165) is 0 Å². The molecule has 0 aromatic rings. The van der Waals surface area contributed by atoms with E-state index in [-0.39, 0.29) is 6.42 Å². The highest BCUT2D eigenvalue weighted by Gasteiger charge is 2.35. The van der Waals surface area contributed by atoms with Crippen LogP contribution in [-0.2, 0) is 14.3 Å². The van der Waals surface area contributed by atoms with Crippen LogP contribution >= 0.6 is 0 Å². The minimum absolute atomic E-state index is 0.246. The summed E-state index contributed by atoms with van der Waals surface area (Å²) in [5.41, 5.74) is 4.87. The molecule has 0 heterocycles. The average molecular weight is 229 g/mol. The number of carboxylic acid groups (broad SMARTS) is 1. The molecule has 0 aromatic carbocycles. The molecule has 0 aliphatic heterocycles. The van der Waals surface area contributed by atoms with Crippen LogP contribution in [0.15, 0.2) is 12.7 Å². The number of aliphatic carboxylic acids is 1. The second-order valence-electron chi connectivity index (χ2n) is 4.54. The van der Waals surface area contributed by atoms with Gasteiger partial charge in [-0.15, -0.1) is 6.58 Å². The van der Waals surface area contributed by atoms with Gasteiger partial charge in [0, 0.05) is 6.04 Å². The highest BCUT2D eigenvalue weighted by molar-refractivity contribution is 5.95. The van der Waals surface area contributed by atoms with E-state index in [1.807, 2.05) is 0 Å². The number of ether oxygens (including phenoxy) is 1. The Morgan fingerprint density at radius 1 is 1.50 bits per heavy atom. The van der Waals surface area contributed by atoms with E-state index in [9.17, 15) is 9.59 Å². The summed E-state index contributed by atoms with van der Waals surface area (Å²) in [4.78, 5) is 22.5. The molecule has 5 heteroatoms. The lowest BCUT2D eigenvalue weighted by molar-refractivity contribution is -0.167. The van der Waals surface area contributed by atoms with Crippen molar-refractivity contribution in [2.45, 2.75) is 38.8 Å². The fraction of sp³-hybridized carbons (Fsp3) is 0.636. The van der Waals surface area contributed by atoms with Crippen LogP contribution in [0.4, 0.5) is 0 Å². The fourth-order valence-corrected chi connectivity index (χ4v) is 1.15. The van der Waals surface area contributed by atoms with Crippen molar-refractivity contribution in [3.05, 3.63) is 12.7 Å². The maximum absolute atomic E-state index is 11.6. The van der Waals surface area contributed by atoms with Crippen LogP contribution in [-0.4, -0.2) is 28.7 Å². The zero-order valence-corrected chi connectivity index (χ0v) is 9.90. The first-order valence-electron chi connectivity index (χ1n) is 5.01. The number of rotatable bonds is 5. The lowest BCUT2D eigenvalue weighted by atomic mass is 9.97. The number of hydrogen-bond donors (Lipinski definition) is 2. The second-order valence-corrected chi connectivity index (χ2v) is 4.54. The smallest absolute Gasteiger partial charge is 0.322 e. The van der Waals surface area contributed by atoms with Crippen molar-refractivity contribution < 1.29 is 19.4 Å². The van der Waals surface area contributed by atoms with Gasteiger partial charge in [0.15, 0.2) is 5.92 Å². The predicted octanol–water partition coefficient (Wildman–Crippen LogP) is 0.932. The summed E-state index contributed by atoms with van der Waals surface area (Å²) >= 11 is 0. The van der Waals surface area contributed by atoms with E-state index in [1.54, 1.807) is 20.8 Å². The third-order valence-corrected chi connectivity index (χ3v) is 1.79. The normalized spacial score (nSPS) is 15.0. The summed E-state index contributed by atoms with van der Waals surface area (Å²) in [6.45, 7) is 8.46. The number of carbonyl (C=O) groups excluding carboxylic acids is 1. The molecule has 5 nitrogen and oxygen atoms in total. The first-order chi connectivity index (χ1) is 7.19. The van der Waals surface area contributed by atoms with Gasteiger partial charge in [-0.1, -0.05) is 6.08 Å². The van der Waals surface area contributed by atoms with Crippen LogP contribution in [0.1, 0.15) is 27.2 Å². The number of nitrogens with two attached hydrogens (primary N) is 1. The monoisotopic (exact) mass is 229 g/mol. The van der Waals surface area contributed by atoms with Crippen LogP contribution in [0, 0.1) is 5.92 Å². The molecule has 0 aliphatic carbocycles. The second kappa shape index (κ2) is 5.65. The lowest BCUT2D eigenvalue weighted by Crippen LogP contribution is -2.43. The van der Waals surface area contributed by atoms with Gasteiger partial charge in [0.1, 0.15) is 5.60 Å². The van der Waals surface area contributed by atoms with Crippen molar-refractivity contribution in [3.8, 4) is 0 Å². The molecular weight excluding hydrogens is 210 g/mol. The maximum atomic E-state index is 11.6. The van der Waals surface area contributed by atoms with Crippen LogP contribution in [0.5, 0.6) is 0 Å². The highest BCUT2D eigenvalue weighted by Crippen LogP contribution is 2.15. The number of hydrogen-bond acceptors (Lipinski definition) is 4. The van der Waals surface area contributed by atoms with Gasteiger partial charge in [0.05, 0.1) is 0 Å². The molecule has 0 fully saturated rings. The zero-order chi connectivity index (χ0) is 12.9. The topological polar surface area (TPSA) is 89.6 Å². The van der Waals surface area contributed by atoms with Gasteiger partial charge in [0.25, 0.3) is 0 Å². The van der Waals surface area contributed by atoms with E-state index in [0.29, 0.717) is 0 Å². The van der Waals surface area contributed by atoms with Crippen molar-refractivity contribution >= 4 is 11.9 Å². The van der Waals surface area contributed by atoms with E-state index >= 15 is 0 Å². The summed E-state index contributed by atoms with van der Waals surface area (Å²) in [7, 11) is 0. The van der Waals surface area contributed by atoms with Gasteiger partial charge in [0.2, 0.25) is 0 Å². The van der Waals surface area contributed by atoms with Crippen molar-refractivity contribution in [1.29, 1.82) is 0 Å². The van der Waals surface area contributed by atoms with Crippen LogP contribution in [0.25, 0.3) is 0 Å². The van der Waals surface area contributed by atoms with E-state index in [4.69, 9.17) is 15.6 Å². The summed E-state index contributed by atoms with van der Waals surface area (Å²) in [5.74, 6) is -3.44. The van der Waals surface area contributed by atoms with Gasteiger partial charge in [-0.25, -0.2) is 0 Å². The molecule has 0 amide bonds. The maximum Gasteiger partial charge on any atom is 0.322 e. The Bertz CT molecular complexity index is 280. The van der Waals surface area contributed by atoms with Crippen molar-refractivity contribution in [3.63, 3.8) is 0 Å². The first-order valence-corrected chi connectivity index (χ1v) is 5.01. The third-order valence-electron chi connectivity index (χ3n) is 1.79. The molecule has 0 aromatic heterocycles. The Morgan fingerprint density at radius 2 is 2.00 bits per heavy atom. The summed E-state index contributed by atoms with van der Waals surface area (Å²) in [5, 5.41) is 8.92. The molecule has 0 spiro atoms. The molecule has 0 bridgehead atoms. The van der Waals surface area contributed by atoms with Crippen LogP contribution in [0.2, 0.25) is 0 Å². The van der Waals surface area contributed by atoms with Crippen molar-refractivity contribution in [1.82, 2.24) is 0 Å². The van der Waals surface area contributed by atoms with Gasteiger partial charge in [-0.2, -0.15) is 0 Å². The summed E-state index contributed by atoms with van der Waals surface area (Å²) in [6.07, 6.45) is 1.72. The molecule has 0 aliphatic rings. The molecule has 0 saturated carbocycles. The van der Waals surface area contributed by atoms with E-state index < -0.39 is 29.5 Å². The van der Waals surface area contributed by atoms with Gasteiger partial charge < -0.3 is 15.6 Å². The Morgan fingerprint density at radius 3 is 2.31 bits per heavy atom.